The number of anilines is 1. The zero-order valence-electron chi connectivity index (χ0n) is 8.29. The maximum Gasteiger partial charge on any atom is 0.241 e. The highest BCUT2D eigenvalue weighted by atomic mass is 35.5. The Hall–Kier alpha value is -0.870. The van der Waals surface area contributed by atoms with Gasteiger partial charge in [-0.1, -0.05) is 30.4 Å². The predicted molar refractivity (Wildman–Crippen MR) is 63.4 cm³/mol. The van der Waals surface area contributed by atoms with Gasteiger partial charge >= 0.3 is 0 Å². The number of alkyl halides is 1. The van der Waals surface area contributed by atoms with Crippen molar-refractivity contribution in [3.8, 4) is 0 Å². The van der Waals surface area contributed by atoms with E-state index in [0.717, 1.165) is 16.3 Å². The lowest BCUT2D eigenvalue weighted by molar-refractivity contribution is -0.113. The normalized spacial score (nSPS) is 18.7. The van der Waals surface area contributed by atoms with Gasteiger partial charge in [0, 0.05) is 0 Å². The Labute approximate surface area is 96.5 Å². The first-order chi connectivity index (χ1) is 7.19. The second-order valence-corrected chi connectivity index (χ2v) is 4.83. The largest absolute Gasteiger partial charge is 0.301 e. The lowest BCUT2D eigenvalue weighted by Crippen LogP contribution is -2.25. The van der Waals surface area contributed by atoms with Gasteiger partial charge in [0.1, 0.15) is 5.88 Å². The monoisotopic (exact) mass is 242 g/mol. The van der Waals surface area contributed by atoms with E-state index in [1.54, 1.807) is 0 Å². The molecule has 1 unspecified atom stereocenters. The molecule has 0 saturated heterocycles. The second kappa shape index (κ2) is 4.33. The van der Waals surface area contributed by atoms with E-state index in [1.165, 1.54) is 11.3 Å². The predicted octanol–water partition coefficient (Wildman–Crippen LogP) is 0.921. The third-order valence-corrected chi connectivity index (χ3v) is 3.36. The summed E-state index contributed by atoms with van der Waals surface area (Å²) in [5.41, 5.74) is 0. The fraction of sp³-hybridized carbons (Fsp3) is 0.400. The first-order valence-corrected chi connectivity index (χ1v) is 6.09. The minimum Gasteiger partial charge on any atom is -0.301 e. The molecule has 1 amide bonds. The molecule has 0 radical (unpaired) electrons. The third kappa shape index (κ3) is 2.38. The number of thiazole rings is 1. The molecular formula is C10H11ClN2OS. The van der Waals surface area contributed by atoms with Crippen molar-refractivity contribution in [2.45, 2.75) is 13.3 Å². The number of rotatable bonds is 2. The standard InChI is InChI=1S/C10H11ClN2OS/c1-6-2-3-7-8(4-6)15-10(12-7)13-9(14)5-11/h3-4,6H,2,5H2,1H3,(H,12,13,14). The van der Waals surface area contributed by atoms with Crippen LogP contribution in [0, 0.1) is 5.92 Å². The molecule has 80 valence electrons. The number of amides is 1. The van der Waals surface area contributed by atoms with Crippen LogP contribution in [0.15, 0.2) is 0 Å². The zero-order chi connectivity index (χ0) is 10.8. The zero-order valence-corrected chi connectivity index (χ0v) is 9.86. The van der Waals surface area contributed by atoms with Crippen LogP contribution in [0.5, 0.6) is 0 Å². The van der Waals surface area contributed by atoms with E-state index in [4.69, 9.17) is 11.6 Å². The number of carbonyl (C=O) groups excluding carboxylic acids is 1. The van der Waals surface area contributed by atoms with Gasteiger partial charge in [-0.25, -0.2) is 4.98 Å². The maximum absolute atomic E-state index is 11.1. The molecule has 3 nitrogen and oxygen atoms in total. The van der Waals surface area contributed by atoms with Gasteiger partial charge in [-0.05, 0) is 12.3 Å². The lowest BCUT2D eigenvalue weighted by atomic mass is 10.1. The summed E-state index contributed by atoms with van der Waals surface area (Å²) in [5.74, 6) is 0.305. The highest BCUT2D eigenvalue weighted by Gasteiger charge is 2.08. The number of aromatic nitrogens is 1. The summed E-state index contributed by atoms with van der Waals surface area (Å²) in [5, 5.41) is 4.27. The Morgan fingerprint density at radius 3 is 3.33 bits per heavy atom. The van der Waals surface area contributed by atoms with Gasteiger partial charge in [0.2, 0.25) is 5.91 Å². The lowest BCUT2D eigenvalue weighted by Gasteiger charge is -2.02. The maximum atomic E-state index is 11.1. The first kappa shape index (κ1) is 10.6. The number of hydrogen-bond acceptors (Lipinski definition) is 3. The third-order valence-electron chi connectivity index (χ3n) is 2.17. The Morgan fingerprint density at radius 1 is 1.80 bits per heavy atom. The Kier molecular flexibility index (Phi) is 3.07. The van der Waals surface area contributed by atoms with Crippen LogP contribution in [-0.4, -0.2) is 16.8 Å². The summed E-state index contributed by atoms with van der Waals surface area (Å²) in [7, 11) is 0. The van der Waals surface area contributed by atoms with E-state index in [2.05, 4.69) is 29.4 Å². The van der Waals surface area contributed by atoms with Gasteiger partial charge in [-0.15, -0.1) is 11.6 Å². The van der Waals surface area contributed by atoms with Crippen LogP contribution in [0.2, 0.25) is 0 Å². The molecule has 0 spiro atoms. The summed E-state index contributed by atoms with van der Waals surface area (Å²) >= 11 is 6.90. The van der Waals surface area contributed by atoms with Gasteiger partial charge in [0.05, 0.1) is 9.88 Å². The van der Waals surface area contributed by atoms with Crippen molar-refractivity contribution in [3.63, 3.8) is 0 Å². The number of fused-ring (bicyclic) bond motifs is 1. The summed E-state index contributed by atoms with van der Waals surface area (Å²) in [6.07, 6.45) is 5.30. The van der Waals surface area contributed by atoms with Crippen LogP contribution in [-0.2, 0) is 4.79 Å². The van der Waals surface area contributed by atoms with Crippen molar-refractivity contribution in [1.29, 1.82) is 0 Å². The van der Waals surface area contributed by atoms with Crippen molar-refractivity contribution in [2.75, 3.05) is 11.2 Å². The van der Waals surface area contributed by atoms with Crippen molar-refractivity contribution in [2.24, 2.45) is 5.92 Å². The topological polar surface area (TPSA) is 42.0 Å². The molecule has 1 aliphatic rings. The van der Waals surface area contributed by atoms with E-state index in [0.29, 0.717) is 11.0 Å². The van der Waals surface area contributed by atoms with Gasteiger partial charge in [-0.2, -0.15) is 0 Å². The summed E-state index contributed by atoms with van der Waals surface area (Å²) < 4.78 is 1.14. The molecule has 1 atom stereocenters. The molecule has 0 bridgehead atoms. The van der Waals surface area contributed by atoms with E-state index < -0.39 is 0 Å². The fourth-order valence-corrected chi connectivity index (χ4v) is 2.56. The second-order valence-electron chi connectivity index (χ2n) is 3.53. The smallest absolute Gasteiger partial charge is 0.241 e. The van der Waals surface area contributed by atoms with Crippen LogP contribution in [0.25, 0.3) is 12.2 Å². The first-order valence-electron chi connectivity index (χ1n) is 4.73. The molecule has 1 aliphatic carbocycles. The van der Waals surface area contributed by atoms with E-state index in [9.17, 15) is 4.79 Å². The average molecular weight is 243 g/mol. The molecule has 2 rings (SSSR count). The molecule has 1 N–H and O–H groups in total. The summed E-state index contributed by atoms with van der Waals surface area (Å²) in [6, 6.07) is 0. The quantitative estimate of drug-likeness (QED) is 0.784. The van der Waals surface area contributed by atoms with Crippen molar-refractivity contribution >= 4 is 46.1 Å². The van der Waals surface area contributed by atoms with Crippen LogP contribution in [0.4, 0.5) is 5.13 Å². The minimum atomic E-state index is -0.212. The van der Waals surface area contributed by atoms with Crippen LogP contribution < -0.4 is 15.2 Å². The molecule has 0 fully saturated rings. The van der Waals surface area contributed by atoms with Gasteiger partial charge in [0.25, 0.3) is 0 Å². The van der Waals surface area contributed by atoms with Crippen molar-refractivity contribution in [1.82, 2.24) is 4.98 Å². The van der Waals surface area contributed by atoms with E-state index in [-0.39, 0.29) is 11.8 Å². The molecule has 0 saturated carbocycles. The average Bonchev–Trinajstić information content (AvgIpc) is 2.59. The molecule has 15 heavy (non-hydrogen) atoms. The molecular weight excluding hydrogens is 232 g/mol. The molecule has 0 aliphatic heterocycles. The molecule has 0 aromatic carbocycles. The molecule has 1 heterocycles. The highest BCUT2D eigenvalue weighted by molar-refractivity contribution is 7.13. The van der Waals surface area contributed by atoms with Crippen LogP contribution in [0.3, 0.4) is 0 Å². The van der Waals surface area contributed by atoms with E-state index in [1.807, 2.05) is 0 Å². The number of nitrogens with one attached hydrogen (secondary N) is 1. The van der Waals surface area contributed by atoms with Crippen LogP contribution >= 0.6 is 22.9 Å². The molecule has 1 aromatic heterocycles. The SMILES string of the molecule is CC1C=c2sc(NC(=O)CCl)nc2=CC1. The summed E-state index contributed by atoms with van der Waals surface area (Å²) in [6.45, 7) is 2.16. The Bertz CT molecular complexity index is 494. The number of carbonyl (C=O) groups is 1. The molecule has 1 aromatic rings. The number of hydrogen-bond donors (Lipinski definition) is 1. The number of halogens is 1. The van der Waals surface area contributed by atoms with Crippen molar-refractivity contribution in [3.05, 3.63) is 9.88 Å². The van der Waals surface area contributed by atoms with Crippen LogP contribution in [0.1, 0.15) is 13.3 Å². The van der Waals surface area contributed by atoms with Gasteiger partial charge in [-0.3, -0.25) is 4.79 Å². The van der Waals surface area contributed by atoms with Crippen molar-refractivity contribution < 1.29 is 4.79 Å². The Balaban J connectivity index is 2.31. The van der Waals surface area contributed by atoms with Gasteiger partial charge < -0.3 is 5.32 Å². The van der Waals surface area contributed by atoms with Gasteiger partial charge in [0.15, 0.2) is 5.13 Å². The van der Waals surface area contributed by atoms with E-state index >= 15 is 0 Å². The molecule has 5 heteroatoms. The minimum absolute atomic E-state index is 0.0337. The highest BCUT2D eigenvalue weighted by Crippen LogP contribution is 2.10. The summed E-state index contributed by atoms with van der Waals surface area (Å²) in [4.78, 5) is 15.4. The fourth-order valence-electron chi connectivity index (χ4n) is 1.44. The Morgan fingerprint density at radius 2 is 2.60 bits per heavy atom. The number of nitrogens with zero attached hydrogens (tertiary/aromatic N) is 1.